The van der Waals surface area contributed by atoms with Gasteiger partial charge in [-0.15, -0.1) is 0 Å². The molecular weight excluding hydrogens is 482 g/mol. The normalized spacial score (nSPS) is 10.3. The van der Waals surface area contributed by atoms with Crippen molar-refractivity contribution in [2.24, 2.45) is 0 Å². The van der Waals surface area contributed by atoms with Gasteiger partial charge in [0.2, 0.25) is 0 Å². The fourth-order valence-corrected chi connectivity index (χ4v) is 3.61. The molecule has 144 valence electrons. The van der Waals surface area contributed by atoms with Crippen LogP contribution < -0.4 is 20.7 Å². The van der Waals surface area contributed by atoms with Gasteiger partial charge in [0.1, 0.15) is 5.75 Å². The Hall–Kier alpha value is -2.10. The van der Waals surface area contributed by atoms with Gasteiger partial charge in [-0.2, -0.15) is 0 Å². The van der Waals surface area contributed by atoms with Gasteiger partial charge in [0.05, 0.1) is 15.6 Å². The van der Waals surface area contributed by atoms with Crippen molar-refractivity contribution in [1.29, 1.82) is 0 Å². The minimum atomic E-state index is -0.825. The smallest absolute Gasteiger partial charge is 0.313 e. The number of hydrogen-bond acceptors (Lipinski definition) is 5. The maximum atomic E-state index is 11.8. The number of nitrogens with one attached hydrogen (secondary N) is 3. The van der Waals surface area contributed by atoms with Crippen LogP contribution in [0.25, 0.3) is 0 Å². The molecule has 0 aromatic heterocycles. The quantitative estimate of drug-likeness (QED) is 0.455. The number of carbonyl (C=O) groups excluding carboxylic acids is 2. The Labute approximate surface area is 173 Å². The molecule has 2 rings (SSSR count). The van der Waals surface area contributed by atoms with E-state index >= 15 is 0 Å². The third-order valence-corrected chi connectivity index (χ3v) is 4.72. The Balaban J connectivity index is 2.15. The molecule has 0 aliphatic rings. The summed E-state index contributed by atoms with van der Waals surface area (Å²) in [5, 5.41) is 16.6. The summed E-state index contributed by atoms with van der Waals surface area (Å²) in [5.41, 5.74) is 2.46. The number of hydrogen-bond donors (Lipinski definition) is 4. The lowest BCUT2D eigenvalue weighted by Crippen LogP contribution is -2.36. The van der Waals surface area contributed by atoms with Crippen LogP contribution in [0.15, 0.2) is 39.3 Å². The third kappa shape index (κ3) is 5.69. The summed E-state index contributed by atoms with van der Waals surface area (Å²) in [6, 6.07) is 8.94. The fourth-order valence-electron chi connectivity index (χ4n) is 2.27. The number of anilines is 2. The first-order chi connectivity index (χ1) is 12.8. The first-order valence-corrected chi connectivity index (χ1v) is 9.59. The van der Waals surface area contributed by atoms with E-state index < -0.39 is 11.8 Å². The van der Waals surface area contributed by atoms with Crippen LogP contribution in [0.5, 0.6) is 11.5 Å². The molecule has 0 saturated carbocycles. The second kappa shape index (κ2) is 9.72. The lowest BCUT2D eigenvalue weighted by molar-refractivity contribution is -0.136. The first-order valence-electron chi connectivity index (χ1n) is 8.01. The highest BCUT2D eigenvalue weighted by atomic mass is 79.9. The summed E-state index contributed by atoms with van der Waals surface area (Å²) in [4.78, 5) is 23.4. The molecule has 0 radical (unpaired) electrons. The van der Waals surface area contributed by atoms with Crippen molar-refractivity contribution < 1.29 is 19.4 Å². The van der Waals surface area contributed by atoms with Crippen LogP contribution in [0.3, 0.4) is 0 Å². The van der Waals surface area contributed by atoms with Crippen LogP contribution in [0, 0.1) is 6.92 Å². The van der Waals surface area contributed by atoms with Crippen LogP contribution in [-0.2, 0) is 9.59 Å². The fraction of sp³-hybridized carbons (Fsp3) is 0.222. The molecule has 27 heavy (non-hydrogen) atoms. The Morgan fingerprint density at radius 2 is 1.78 bits per heavy atom. The molecule has 0 bridgehead atoms. The minimum Gasteiger partial charge on any atom is -0.455 e. The molecule has 0 saturated heterocycles. The van der Waals surface area contributed by atoms with E-state index in [9.17, 15) is 9.59 Å². The molecule has 0 spiro atoms. The number of aliphatic hydroxyl groups excluding tert-OH is 1. The molecule has 2 aromatic rings. The summed E-state index contributed by atoms with van der Waals surface area (Å²) in [6.45, 7) is 1.75. The largest absolute Gasteiger partial charge is 0.455 e. The average Bonchev–Trinajstić information content (AvgIpc) is 2.62. The lowest BCUT2D eigenvalue weighted by Gasteiger charge is -2.14. The van der Waals surface area contributed by atoms with E-state index in [1.807, 2.05) is 32.2 Å². The summed E-state index contributed by atoms with van der Waals surface area (Å²) in [7, 11) is 1.85. The summed E-state index contributed by atoms with van der Waals surface area (Å²) in [5.74, 6) is -0.451. The molecule has 7 nitrogen and oxygen atoms in total. The highest BCUT2D eigenvalue weighted by Crippen LogP contribution is 2.39. The number of aliphatic hydroxyl groups is 1. The van der Waals surface area contributed by atoms with Gasteiger partial charge in [0, 0.05) is 25.0 Å². The Kier molecular flexibility index (Phi) is 7.64. The van der Waals surface area contributed by atoms with E-state index in [2.05, 4.69) is 47.8 Å². The third-order valence-electron chi connectivity index (χ3n) is 3.55. The standard InChI is InChI=1S/C18H19Br2N3O4/c1-10-7-12(3-4-15(10)21-2)27-16-13(19)8-11(9-14(16)20)23-18(26)17(25)22-5-6-24/h3-4,7-9,21,24H,5-6H2,1-2H3,(H,22,25)(H,23,26). The number of rotatable bonds is 6. The molecule has 9 heteroatoms. The molecule has 2 aromatic carbocycles. The Morgan fingerprint density at radius 1 is 1.11 bits per heavy atom. The van der Waals surface area contributed by atoms with Crippen molar-refractivity contribution in [2.45, 2.75) is 6.92 Å². The van der Waals surface area contributed by atoms with Crippen molar-refractivity contribution in [1.82, 2.24) is 5.32 Å². The zero-order chi connectivity index (χ0) is 20.0. The van der Waals surface area contributed by atoms with Crippen molar-refractivity contribution >= 4 is 55.0 Å². The Bertz CT molecular complexity index is 835. The molecule has 2 amide bonds. The highest BCUT2D eigenvalue weighted by molar-refractivity contribution is 9.11. The molecule has 4 N–H and O–H groups in total. The first kappa shape index (κ1) is 21.2. The monoisotopic (exact) mass is 499 g/mol. The second-order valence-corrected chi connectivity index (χ2v) is 7.24. The van der Waals surface area contributed by atoms with Gasteiger partial charge in [0.25, 0.3) is 0 Å². The lowest BCUT2D eigenvalue weighted by atomic mass is 10.2. The molecule has 0 heterocycles. The predicted octanol–water partition coefficient (Wildman–Crippen LogP) is 3.40. The molecule has 0 atom stereocenters. The zero-order valence-corrected chi connectivity index (χ0v) is 17.9. The van der Waals surface area contributed by atoms with Crippen molar-refractivity contribution in [3.05, 3.63) is 44.8 Å². The predicted molar refractivity (Wildman–Crippen MR) is 111 cm³/mol. The summed E-state index contributed by atoms with van der Waals surface area (Å²) in [6.07, 6.45) is 0. The van der Waals surface area contributed by atoms with Crippen LogP contribution in [0.2, 0.25) is 0 Å². The number of halogens is 2. The van der Waals surface area contributed by atoms with Gasteiger partial charge >= 0.3 is 11.8 Å². The Morgan fingerprint density at radius 3 is 2.33 bits per heavy atom. The van der Waals surface area contributed by atoms with Gasteiger partial charge in [-0.05, 0) is 74.7 Å². The van der Waals surface area contributed by atoms with E-state index in [0.717, 1.165) is 11.3 Å². The second-order valence-electron chi connectivity index (χ2n) is 5.53. The number of benzene rings is 2. The van der Waals surface area contributed by atoms with Crippen LogP contribution >= 0.6 is 31.9 Å². The summed E-state index contributed by atoms with van der Waals surface area (Å²) >= 11 is 6.84. The average molecular weight is 501 g/mol. The van der Waals surface area contributed by atoms with Gasteiger partial charge in [0.15, 0.2) is 5.75 Å². The molecule has 0 aliphatic heterocycles. The van der Waals surface area contributed by atoms with Crippen LogP contribution in [0.1, 0.15) is 5.56 Å². The summed E-state index contributed by atoms with van der Waals surface area (Å²) < 4.78 is 7.13. The number of carbonyl (C=O) groups is 2. The van der Waals surface area contributed by atoms with Crippen LogP contribution in [-0.4, -0.2) is 37.1 Å². The maximum Gasteiger partial charge on any atom is 0.313 e. The molecule has 0 aliphatic carbocycles. The van der Waals surface area contributed by atoms with E-state index in [1.54, 1.807) is 12.1 Å². The topological polar surface area (TPSA) is 99.7 Å². The van der Waals surface area contributed by atoms with Crippen molar-refractivity contribution in [3.63, 3.8) is 0 Å². The minimum absolute atomic E-state index is 0.0121. The van der Waals surface area contributed by atoms with E-state index in [-0.39, 0.29) is 13.2 Å². The maximum absolute atomic E-state index is 11.8. The van der Waals surface area contributed by atoms with Crippen molar-refractivity contribution in [2.75, 3.05) is 30.8 Å². The van der Waals surface area contributed by atoms with Crippen LogP contribution in [0.4, 0.5) is 11.4 Å². The van der Waals surface area contributed by atoms with Crippen molar-refractivity contribution in [3.8, 4) is 11.5 Å². The van der Waals surface area contributed by atoms with E-state index in [4.69, 9.17) is 9.84 Å². The van der Waals surface area contributed by atoms with E-state index in [0.29, 0.717) is 26.1 Å². The number of aryl methyl sites for hydroxylation is 1. The van der Waals surface area contributed by atoms with Gasteiger partial charge < -0.3 is 25.8 Å². The number of ether oxygens (including phenoxy) is 1. The number of amides is 2. The van der Waals surface area contributed by atoms with E-state index in [1.165, 1.54) is 0 Å². The highest BCUT2D eigenvalue weighted by Gasteiger charge is 2.16. The van der Waals surface area contributed by atoms with Gasteiger partial charge in [-0.25, -0.2) is 0 Å². The molecule has 0 fully saturated rings. The SMILES string of the molecule is CNc1ccc(Oc2c(Br)cc(NC(=O)C(=O)NCCO)cc2Br)cc1C. The molecular formula is C18H19Br2N3O4. The van der Waals surface area contributed by atoms with Gasteiger partial charge in [-0.1, -0.05) is 0 Å². The molecule has 0 unspecified atom stereocenters. The zero-order valence-electron chi connectivity index (χ0n) is 14.7. The van der Waals surface area contributed by atoms with Gasteiger partial charge in [-0.3, -0.25) is 9.59 Å².